The first kappa shape index (κ1) is 22.2. The minimum absolute atomic E-state index is 0. The van der Waals surface area contributed by atoms with Crippen LogP contribution in [0.25, 0.3) is 0 Å². The van der Waals surface area contributed by atoms with Gasteiger partial charge in [-0.15, -0.1) is 22.6 Å². The molecule has 0 spiro atoms. The number of carbonyl (C=O) groups is 2. The van der Waals surface area contributed by atoms with Gasteiger partial charge < -0.3 is 19.5 Å². The Labute approximate surface area is 182 Å². The average molecular weight is 434 g/mol. The third-order valence-electron chi connectivity index (χ3n) is 5.72. The number of ketones is 1. The number of ether oxygens (including phenoxy) is 1. The molecule has 2 aliphatic heterocycles. The minimum atomic E-state index is -0.597. The van der Waals surface area contributed by atoms with E-state index in [1.54, 1.807) is 31.2 Å². The molecular formula is C21H28ClN5O3. The molecule has 1 aromatic carbocycles. The molecule has 1 atom stereocenters. The van der Waals surface area contributed by atoms with Gasteiger partial charge in [0.2, 0.25) is 0 Å². The standard InChI is InChI=1S/C21H27N5O3.ClH/c1-14(27)17-4-3-5-18(12-17)29-15(2)21(28)25-9-6-16(7-10-25)20-24-23-19-13-22-8-11-26(19)20;/h3-5,12,15-16,22H,6-11,13H2,1-2H3;1H. The first-order valence-corrected chi connectivity index (χ1v) is 10.2. The van der Waals surface area contributed by atoms with Crippen molar-refractivity contribution in [1.29, 1.82) is 0 Å². The van der Waals surface area contributed by atoms with E-state index in [9.17, 15) is 9.59 Å². The molecular weight excluding hydrogens is 406 g/mol. The van der Waals surface area contributed by atoms with Crippen molar-refractivity contribution in [2.45, 2.75) is 51.8 Å². The number of Topliss-reactive ketones (excluding diaryl/α,β-unsaturated/α-hetero) is 1. The number of carbonyl (C=O) groups excluding carboxylic acids is 2. The van der Waals surface area contributed by atoms with Gasteiger partial charge in [0, 0.05) is 37.7 Å². The maximum atomic E-state index is 12.8. The molecule has 1 N–H and O–H groups in total. The molecule has 2 aromatic rings. The number of fused-ring (bicyclic) bond motifs is 1. The summed E-state index contributed by atoms with van der Waals surface area (Å²) in [6, 6.07) is 6.96. The topological polar surface area (TPSA) is 89.4 Å². The second-order valence-corrected chi connectivity index (χ2v) is 7.75. The SMILES string of the molecule is CC(=O)c1cccc(OC(C)C(=O)N2CCC(c3nnc4n3CCNC4)CC2)c1.Cl. The summed E-state index contributed by atoms with van der Waals surface area (Å²) in [5.74, 6) is 2.88. The normalized spacial score (nSPS) is 17.6. The third-order valence-corrected chi connectivity index (χ3v) is 5.72. The van der Waals surface area contributed by atoms with Crippen molar-refractivity contribution in [3.05, 3.63) is 41.5 Å². The number of halogens is 1. The quantitative estimate of drug-likeness (QED) is 0.727. The van der Waals surface area contributed by atoms with Crippen molar-refractivity contribution >= 4 is 24.1 Å². The maximum absolute atomic E-state index is 12.8. The smallest absolute Gasteiger partial charge is 0.263 e. The predicted molar refractivity (Wildman–Crippen MR) is 114 cm³/mol. The number of aromatic nitrogens is 3. The van der Waals surface area contributed by atoms with Gasteiger partial charge >= 0.3 is 0 Å². The summed E-state index contributed by atoms with van der Waals surface area (Å²) in [6.45, 7) is 7.26. The zero-order valence-electron chi connectivity index (χ0n) is 17.3. The molecule has 8 nitrogen and oxygen atoms in total. The van der Waals surface area contributed by atoms with Gasteiger partial charge in [-0.1, -0.05) is 12.1 Å². The molecule has 0 radical (unpaired) electrons. The molecule has 0 aliphatic carbocycles. The molecule has 4 rings (SSSR count). The Balaban J connectivity index is 0.00000256. The van der Waals surface area contributed by atoms with E-state index in [0.29, 0.717) is 30.3 Å². The van der Waals surface area contributed by atoms with E-state index in [-0.39, 0.29) is 24.1 Å². The zero-order valence-corrected chi connectivity index (χ0v) is 18.2. The van der Waals surface area contributed by atoms with Gasteiger partial charge in [0.15, 0.2) is 11.9 Å². The largest absolute Gasteiger partial charge is 0.481 e. The molecule has 1 saturated heterocycles. The van der Waals surface area contributed by atoms with Gasteiger partial charge in [0.1, 0.15) is 17.4 Å². The van der Waals surface area contributed by atoms with E-state index < -0.39 is 6.10 Å². The molecule has 0 bridgehead atoms. The fraction of sp³-hybridized carbons (Fsp3) is 0.524. The van der Waals surface area contributed by atoms with Crippen LogP contribution in [0.15, 0.2) is 24.3 Å². The molecule has 3 heterocycles. The van der Waals surface area contributed by atoms with Crippen molar-refractivity contribution in [3.63, 3.8) is 0 Å². The highest BCUT2D eigenvalue weighted by Gasteiger charge is 2.31. The molecule has 162 valence electrons. The lowest BCUT2D eigenvalue weighted by Crippen LogP contribution is -2.44. The van der Waals surface area contributed by atoms with E-state index in [1.807, 2.05) is 4.90 Å². The Morgan fingerprint density at radius 2 is 1.97 bits per heavy atom. The number of benzene rings is 1. The number of likely N-dealkylation sites (tertiary alicyclic amines) is 1. The average Bonchev–Trinajstić information content (AvgIpc) is 3.17. The fourth-order valence-electron chi connectivity index (χ4n) is 4.07. The van der Waals surface area contributed by atoms with Gasteiger partial charge in [0.05, 0.1) is 6.54 Å². The number of hydrogen-bond acceptors (Lipinski definition) is 6. The van der Waals surface area contributed by atoms with Gasteiger partial charge in [-0.25, -0.2) is 0 Å². The Kier molecular flexibility index (Phi) is 7.10. The summed E-state index contributed by atoms with van der Waals surface area (Å²) in [7, 11) is 0. The van der Waals surface area contributed by atoms with Crippen LogP contribution in [0.2, 0.25) is 0 Å². The zero-order chi connectivity index (χ0) is 20.4. The minimum Gasteiger partial charge on any atom is -0.481 e. The summed E-state index contributed by atoms with van der Waals surface area (Å²) in [5.41, 5.74) is 0.579. The summed E-state index contributed by atoms with van der Waals surface area (Å²) in [4.78, 5) is 26.2. The van der Waals surface area contributed by atoms with E-state index >= 15 is 0 Å². The molecule has 30 heavy (non-hydrogen) atoms. The van der Waals surface area contributed by atoms with E-state index in [4.69, 9.17) is 4.74 Å². The number of rotatable bonds is 5. The van der Waals surface area contributed by atoms with Gasteiger partial charge in [-0.05, 0) is 38.8 Å². The van der Waals surface area contributed by atoms with Crippen LogP contribution in [-0.4, -0.2) is 57.1 Å². The van der Waals surface area contributed by atoms with Crippen molar-refractivity contribution in [2.75, 3.05) is 19.6 Å². The van der Waals surface area contributed by atoms with Crippen LogP contribution in [0.4, 0.5) is 0 Å². The highest BCUT2D eigenvalue weighted by molar-refractivity contribution is 5.94. The highest BCUT2D eigenvalue weighted by atomic mass is 35.5. The van der Waals surface area contributed by atoms with Crippen LogP contribution in [0.5, 0.6) is 5.75 Å². The maximum Gasteiger partial charge on any atom is 0.263 e. The number of hydrogen-bond donors (Lipinski definition) is 1. The predicted octanol–water partition coefficient (Wildman–Crippen LogP) is 2.18. The van der Waals surface area contributed by atoms with Crippen molar-refractivity contribution in [2.24, 2.45) is 0 Å². The van der Waals surface area contributed by atoms with Crippen LogP contribution >= 0.6 is 12.4 Å². The Bertz CT molecular complexity index is 908. The molecule has 9 heteroatoms. The third kappa shape index (κ3) is 4.65. The van der Waals surface area contributed by atoms with E-state index in [0.717, 1.165) is 44.1 Å². The van der Waals surface area contributed by atoms with Crippen LogP contribution in [0, 0.1) is 0 Å². The molecule has 1 amide bonds. The fourth-order valence-corrected chi connectivity index (χ4v) is 4.07. The van der Waals surface area contributed by atoms with Gasteiger partial charge in [-0.3, -0.25) is 9.59 Å². The first-order chi connectivity index (χ1) is 14.0. The summed E-state index contributed by atoms with van der Waals surface area (Å²) >= 11 is 0. The first-order valence-electron chi connectivity index (χ1n) is 10.2. The van der Waals surface area contributed by atoms with Crippen LogP contribution in [-0.2, 0) is 17.9 Å². The summed E-state index contributed by atoms with van der Waals surface area (Å²) in [6.07, 6.45) is 1.16. The van der Waals surface area contributed by atoms with E-state index in [1.165, 1.54) is 6.92 Å². The monoisotopic (exact) mass is 433 g/mol. The second kappa shape index (κ2) is 9.57. The van der Waals surface area contributed by atoms with Gasteiger partial charge in [0.25, 0.3) is 5.91 Å². The Hall–Kier alpha value is -2.45. The Morgan fingerprint density at radius 3 is 2.70 bits per heavy atom. The number of nitrogens with zero attached hydrogens (tertiary/aromatic N) is 4. The second-order valence-electron chi connectivity index (χ2n) is 7.75. The molecule has 1 fully saturated rings. The molecule has 1 unspecified atom stereocenters. The van der Waals surface area contributed by atoms with Crippen LogP contribution in [0.3, 0.4) is 0 Å². The number of piperidine rings is 1. The molecule has 0 saturated carbocycles. The highest BCUT2D eigenvalue weighted by Crippen LogP contribution is 2.28. The summed E-state index contributed by atoms with van der Waals surface area (Å²) < 4.78 is 8.05. The lowest BCUT2D eigenvalue weighted by molar-refractivity contribution is -0.139. The Morgan fingerprint density at radius 1 is 1.20 bits per heavy atom. The number of nitrogens with one attached hydrogen (secondary N) is 1. The van der Waals surface area contributed by atoms with Crippen LogP contribution in [0.1, 0.15) is 54.6 Å². The lowest BCUT2D eigenvalue weighted by Gasteiger charge is -2.33. The number of amides is 1. The molecule has 1 aromatic heterocycles. The van der Waals surface area contributed by atoms with E-state index in [2.05, 4.69) is 20.1 Å². The van der Waals surface area contributed by atoms with Gasteiger partial charge in [-0.2, -0.15) is 0 Å². The van der Waals surface area contributed by atoms with Crippen LogP contribution < -0.4 is 10.1 Å². The van der Waals surface area contributed by atoms with Crippen molar-refractivity contribution < 1.29 is 14.3 Å². The molecule has 2 aliphatic rings. The van der Waals surface area contributed by atoms with Crippen molar-refractivity contribution in [1.82, 2.24) is 25.0 Å². The lowest BCUT2D eigenvalue weighted by atomic mass is 9.95. The van der Waals surface area contributed by atoms with Crippen molar-refractivity contribution in [3.8, 4) is 5.75 Å². The summed E-state index contributed by atoms with van der Waals surface area (Å²) in [5, 5.41) is 12.0.